The number of rotatable bonds is 3. The monoisotopic (exact) mass is 224 g/mol. The minimum Gasteiger partial charge on any atom is -0.327 e. The summed E-state index contributed by atoms with van der Waals surface area (Å²) in [5, 5.41) is 0. The van der Waals surface area contributed by atoms with Crippen LogP contribution in [0.2, 0.25) is 0 Å². The van der Waals surface area contributed by atoms with Gasteiger partial charge in [0.1, 0.15) is 0 Å². The van der Waals surface area contributed by atoms with Gasteiger partial charge in [-0.1, -0.05) is 32.1 Å². The van der Waals surface area contributed by atoms with Gasteiger partial charge >= 0.3 is 0 Å². The normalized spacial score (nSPS) is 33.2. The molecule has 2 nitrogen and oxygen atoms in total. The largest absolute Gasteiger partial charge is 0.327 e. The number of hydrogen-bond donors (Lipinski definition) is 1. The van der Waals surface area contributed by atoms with Gasteiger partial charge in [0.25, 0.3) is 0 Å². The molecular weight excluding hydrogens is 196 g/mol. The van der Waals surface area contributed by atoms with Crippen molar-refractivity contribution >= 4 is 0 Å². The zero-order chi connectivity index (χ0) is 11.4. The third-order valence-electron chi connectivity index (χ3n) is 4.69. The van der Waals surface area contributed by atoms with Crippen LogP contribution in [-0.2, 0) is 0 Å². The summed E-state index contributed by atoms with van der Waals surface area (Å²) in [6, 6.07) is 1.32. The van der Waals surface area contributed by atoms with Gasteiger partial charge in [-0.2, -0.15) is 0 Å². The average molecular weight is 224 g/mol. The van der Waals surface area contributed by atoms with Crippen molar-refractivity contribution in [3.05, 3.63) is 0 Å². The van der Waals surface area contributed by atoms with E-state index < -0.39 is 0 Å². The number of nitrogens with zero attached hydrogens (tertiary/aromatic N) is 1. The molecule has 0 bridgehead atoms. The summed E-state index contributed by atoms with van der Waals surface area (Å²) >= 11 is 0. The molecule has 2 atom stereocenters. The molecular formula is C14H28N2. The van der Waals surface area contributed by atoms with E-state index in [-0.39, 0.29) is 0 Å². The van der Waals surface area contributed by atoms with Crippen molar-refractivity contribution in [1.29, 1.82) is 0 Å². The summed E-state index contributed by atoms with van der Waals surface area (Å²) in [5.41, 5.74) is 6.23. The summed E-state index contributed by atoms with van der Waals surface area (Å²) in [6.45, 7) is 1.24. The van der Waals surface area contributed by atoms with E-state index in [1.165, 1.54) is 64.3 Å². The molecule has 2 aliphatic rings. The fourth-order valence-corrected chi connectivity index (χ4v) is 3.50. The molecule has 0 radical (unpaired) electrons. The minimum absolute atomic E-state index is 0.472. The highest BCUT2D eigenvalue weighted by Gasteiger charge is 2.26. The topological polar surface area (TPSA) is 29.3 Å². The van der Waals surface area contributed by atoms with Crippen LogP contribution < -0.4 is 5.73 Å². The number of nitrogens with two attached hydrogens (primary N) is 1. The lowest BCUT2D eigenvalue weighted by molar-refractivity contribution is 0.141. The van der Waals surface area contributed by atoms with E-state index in [4.69, 9.17) is 5.73 Å². The van der Waals surface area contributed by atoms with E-state index in [0.29, 0.717) is 6.04 Å². The molecule has 2 heteroatoms. The second-order valence-electron chi connectivity index (χ2n) is 5.94. The van der Waals surface area contributed by atoms with Crippen molar-refractivity contribution < 1.29 is 0 Å². The molecule has 0 aromatic heterocycles. The van der Waals surface area contributed by atoms with Crippen LogP contribution in [0.15, 0.2) is 0 Å². The lowest BCUT2D eigenvalue weighted by atomic mass is 9.84. The summed E-state index contributed by atoms with van der Waals surface area (Å²) < 4.78 is 0. The van der Waals surface area contributed by atoms with Crippen LogP contribution >= 0.6 is 0 Å². The Morgan fingerprint density at radius 3 is 2.25 bits per heavy atom. The van der Waals surface area contributed by atoms with Gasteiger partial charge in [-0.15, -0.1) is 0 Å². The molecule has 0 amide bonds. The maximum absolute atomic E-state index is 6.23. The highest BCUT2D eigenvalue weighted by molar-refractivity contribution is 4.82. The van der Waals surface area contributed by atoms with Crippen LogP contribution in [0.1, 0.15) is 57.8 Å². The van der Waals surface area contributed by atoms with Crippen LogP contribution in [-0.4, -0.2) is 30.6 Å². The van der Waals surface area contributed by atoms with Crippen LogP contribution in [0, 0.1) is 5.92 Å². The number of hydrogen-bond acceptors (Lipinski definition) is 2. The molecule has 2 unspecified atom stereocenters. The third-order valence-corrected chi connectivity index (χ3v) is 4.69. The molecule has 2 rings (SSSR count). The maximum atomic E-state index is 6.23. The van der Waals surface area contributed by atoms with E-state index in [2.05, 4.69) is 11.9 Å². The standard InChI is InChI=1S/C14H28N2/c1-16(13-8-3-2-4-9-13)11-12-7-5-6-10-14(12)15/h12-14H,2-11,15H2,1H3. The Morgan fingerprint density at radius 1 is 0.938 bits per heavy atom. The van der Waals surface area contributed by atoms with Gasteiger partial charge in [0.05, 0.1) is 0 Å². The van der Waals surface area contributed by atoms with Crippen molar-refractivity contribution in [1.82, 2.24) is 4.90 Å². The molecule has 0 saturated heterocycles. The summed E-state index contributed by atoms with van der Waals surface area (Å²) in [7, 11) is 2.32. The SMILES string of the molecule is CN(CC1CCCCC1N)C1CCCCC1. The van der Waals surface area contributed by atoms with Gasteiger partial charge in [0.15, 0.2) is 0 Å². The zero-order valence-corrected chi connectivity index (χ0v) is 10.8. The van der Waals surface area contributed by atoms with E-state index in [9.17, 15) is 0 Å². The van der Waals surface area contributed by atoms with E-state index in [0.717, 1.165) is 12.0 Å². The molecule has 0 aromatic carbocycles. The first-order chi connectivity index (χ1) is 7.77. The molecule has 0 aliphatic heterocycles. The predicted octanol–water partition coefficient (Wildman–Crippen LogP) is 2.77. The predicted molar refractivity (Wildman–Crippen MR) is 69.4 cm³/mol. The molecule has 0 spiro atoms. The first-order valence-corrected chi connectivity index (χ1v) is 7.23. The highest BCUT2D eigenvalue weighted by atomic mass is 15.1. The molecule has 0 aromatic rings. The van der Waals surface area contributed by atoms with Gasteiger partial charge < -0.3 is 10.6 Å². The van der Waals surface area contributed by atoms with Crippen molar-refractivity contribution in [3.8, 4) is 0 Å². The Bertz CT molecular complexity index is 199. The van der Waals surface area contributed by atoms with Crippen LogP contribution in [0.4, 0.5) is 0 Å². The molecule has 16 heavy (non-hydrogen) atoms. The maximum Gasteiger partial charge on any atom is 0.00923 e. The molecule has 2 fully saturated rings. The van der Waals surface area contributed by atoms with Crippen LogP contribution in [0.25, 0.3) is 0 Å². The van der Waals surface area contributed by atoms with Gasteiger partial charge in [-0.3, -0.25) is 0 Å². The Hall–Kier alpha value is -0.0800. The second-order valence-corrected chi connectivity index (χ2v) is 5.94. The Morgan fingerprint density at radius 2 is 1.56 bits per heavy atom. The molecule has 2 saturated carbocycles. The van der Waals surface area contributed by atoms with Gasteiger partial charge in [-0.05, 0) is 38.6 Å². The second kappa shape index (κ2) is 6.02. The van der Waals surface area contributed by atoms with E-state index in [1.54, 1.807) is 0 Å². The smallest absolute Gasteiger partial charge is 0.00923 e. The van der Waals surface area contributed by atoms with E-state index >= 15 is 0 Å². The Balaban J connectivity index is 1.78. The first-order valence-electron chi connectivity index (χ1n) is 7.23. The van der Waals surface area contributed by atoms with Gasteiger partial charge in [0.2, 0.25) is 0 Å². The van der Waals surface area contributed by atoms with Gasteiger partial charge in [0, 0.05) is 18.6 Å². The van der Waals surface area contributed by atoms with Crippen molar-refractivity contribution in [2.75, 3.05) is 13.6 Å². The fourth-order valence-electron chi connectivity index (χ4n) is 3.50. The summed E-state index contributed by atoms with van der Waals surface area (Å²) in [5.74, 6) is 0.765. The van der Waals surface area contributed by atoms with Crippen LogP contribution in [0.3, 0.4) is 0 Å². The third kappa shape index (κ3) is 3.21. The van der Waals surface area contributed by atoms with Crippen molar-refractivity contribution in [2.24, 2.45) is 11.7 Å². The molecule has 94 valence electrons. The zero-order valence-electron chi connectivity index (χ0n) is 10.8. The average Bonchev–Trinajstić information content (AvgIpc) is 2.33. The fraction of sp³-hybridized carbons (Fsp3) is 1.00. The van der Waals surface area contributed by atoms with Crippen molar-refractivity contribution in [2.45, 2.75) is 69.9 Å². The summed E-state index contributed by atoms with van der Waals surface area (Å²) in [6.07, 6.45) is 12.5. The lowest BCUT2D eigenvalue weighted by Gasteiger charge is -2.37. The molecule has 2 aliphatic carbocycles. The lowest BCUT2D eigenvalue weighted by Crippen LogP contribution is -2.43. The quantitative estimate of drug-likeness (QED) is 0.798. The minimum atomic E-state index is 0.472. The molecule has 2 N–H and O–H groups in total. The Kier molecular flexibility index (Phi) is 4.66. The van der Waals surface area contributed by atoms with E-state index in [1.807, 2.05) is 0 Å². The Labute approximate surface area is 101 Å². The first kappa shape index (κ1) is 12.4. The van der Waals surface area contributed by atoms with Crippen molar-refractivity contribution in [3.63, 3.8) is 0 Å². The van der Waals surface area contributed by atoms with Crippen LogP contribution in [0.5, 0.6) is 0 Å². The molecule has 0 heterocycles. The highest BCUT2D eigenvalue weighted by Crippen LogP contribution is 2.27. The summed E-state index contributed by atoms with van der Waals surface area (Å²) in [4.78, 5) is 2.61. The van der Waals surface area contributed by atoms with Gasteiger partial charge in [-0.25, -0.2) is 0 Å².